The normalized spacial score (nSPS) is 12.5. The molecule has 1 atom stereocenters. The summed E-state index contributed by atoms with van der Waals surface area (Å²) in [6, 6.07) is 10.0. The van der Waals surface area contributed by atoms with E-state index in [9.17, 15) is 0 Å². The Labute approximate surface area is 115 Å². The summed E-state index contributed by atoms with van der Waals surface area (Å²) in [6.45, 7) is 6.34. The van der Waals surface area contributed by atoms with Crippen molar-refractivity contribution < 1.29 is 4.74 Å². The molecule has 0 spiro atoms. The van der Waals surface area contributed by atoms with Gasteiger partial charge in [-0.1, -0.05) is 13.0 Å². The third-order valence-corrected chi connectivity index (χ3v) is 3.15. The van der Waals surface area contributed by atoms with E-state index in [1.54, 1.807) is 0 Å². The van der Waals surface area contributed by atoms with Gasteiger partial charge in [-0.15, -0.1) is 0 Å². The highest BCUT2D eigenvalue weighted by atomic mass is 16.5. The van der Waals surface area contributed by atoms with E-state index in [0.717, 1.165) is 42.6 Å². The SMILES string of the molecule is CCNCCCC(C)Oc1cccc2ncccc12. The second-order valence-corrected chi connectivity index (χ2v) is 4.75. The van der Waals surface area contributed by atoms with E-state index in [4.69, 9.17) is 4.74 Å². The molecular weight excluding hydrogens is 236 g/mol. The Morgan fingerprint density at radius 2 is 2.16 bits per heavy atom. The molecule has 2 aromatic rings. The van der Waals surface area contributed by atoms with Crippen LogP contribution in [0.4, 0.5) is 0 Å². The smallest absolute Gasteiger partial charge is 0.129 e. The summed E-state index contributed by atoms with van der Waals surface area (Å²) >= 11 is 0. The van der Waals surface area contributed by atoms with E-state index in [1.165, 1.54) is 0 Å². The Balaban J connectivity index is 1.97. The molecule has 1 N–H and O–H groups in total. The van der Waals surface area contributed by atoms with Gasteiger partial charge in [-0.3, -0.25) is 4.98 Å². The summed E-state index contributed by atoms with van der Waals surface area (Å²) in [6.07, 6.45) is 4.23. The van der Waals surface area contributed by atoms with E-state index >= 15 is 0 Å². The lowest BCUT2D eigenvalue weighted by molar-refractivity contribution is 0.210. The van der Waals surface area contributed by atoms with Crippen LogP contribution >= 0.6 is 0 Å². The Hall–Kier alpha value is -1.61. The van der Waals surface area contributed by atoms with Gasteiger partial charge in [0, 0.05) is 11.6 Å². The fourth-order valence-electron chi connectivity index (χ4n) is 2.14. The summed E-state index contributed by atoms with van der Waals surface area (Å²) in [5, 5.41) is 4.42. The van der Waals surface area contributed by atoms with Crippen LogP contribution in [0.3, 0.4) is 0 Å². The molecule has 1 aromatic carbocycles. The van der Waals surface area contributed by atoms with Crippen LogP contribution < -0.4 is 10.1 Å². The second kappa shape index (κ2) is 7.10. The Morgan fingerprint density at radius 3 is 3.00 bits per heavy atom. The fraction of sp³-hybridized carbons (Fsp3) is 0.438. The third-order valence-electron chi connectivity index (χ3n) is 3.15. The molecule has 1 unspecified atom stereocenters. The minimum Gasteiger partial charge on any atom is -0.490 e. The molecule has 0 saturated heterocycles. The van der Waals surface area contributed by atoms with E-state index in [1.807, 2.05) is 30.5 Å². The molecule has 2 rings (SSSR count). The Bertz CT molecular complexity index is 508. The number of benzene rings is 1. The van der Waals surface area contributed by atoms with Gasteiger partial charge in [-0.2, -0.15) is 0 Å². The number of rotatable bonds is 7. The first-order valence-electron chi connectivity index (χ1n) is 7.02. The van der Waals surface area contributed by atoms with Crippen molar-refractivity contribution in [1.82, 2.24) is 10.3 Å². The molecule has 0 fully saturated rings. The first kappa shape index (κ1) is 13.8. The minimum atomic E-state index is 0.226. The zero-order valence-electron chi connectivity index (χ0n) is 11.7. The van der Waals surface area contributed by atoms with Crippen molar-refractivity contribution in [3.63, 3.8) is 0 Å². The van der Waals surface area contributed by atoms with Gasteiger partial charge in [0.2, 0.25) is 0 Å². The first-order valence-corrected chi connectivity index (χ1v) is 7.02. The van der Waals surface area contributed by atoms with Crippen molar-refractivity contribution in [3.8, 4) is 5.75 Å². The molecule has 0 aliphatic rings. The minimum absolute atomic E-state index is 0.226. The fourth-order valence-corrected chi connectivity index (χ4v) is 2.14. The number of nitrogens with one attached hydrogen (secondary N) is 1. The summed E-state index contributed by atoms with van der Waals surface area (Å²) in [4.78, 5) is 4.35. The molecule has 0 bridgehead atoms. The van der Waals surface area contributed by atoms with Gasteiger partial charge >= 0.3 is 0 Å². The van der Waals surface area contributed by atoms with E-state index < -0.39 is 0 Å². The highest BCUT2D eigenvalue weighted by molar-refractivity contribution is 5.84. The molecule has 0 aliphatic heterocycles. The van der Waals surface area contributed by atoms with Crippen molar-refractivity contribution in [3.05, 3.63) is 36.5 Å². The van der Waals surface area contributed by atoms with E-state index in [0.29, 0.717) is 0 Å². The molecule has 102 valence electrons. The summed E-state index contributed by atoms with van der Waals surface area (Å²) in [7, 11) is 0. The third kappa shape index (κ3) is 3.93. The zero-order valence-corrected chi connectivity index (χ0v) is 11.7. The first-order chi connectivity index (χ1) is 9.31. The van der Waals surface area contributed by atoms with Gasteiger partial charge in [0.15, 0.2) is 0 Å². The van der Waals surface area contributed by atoms with Crippen LogP contribution in [0.15, 0.2) is 36.5 Å². The maximum absolute atomic E-state index is 6.04. The topological polar surface area (TPSA) is 34.1 Å². The lowest BCUT2D eigenvalue weighted by Gasteiger charge is -2.16. The van der Waals surface area contributed by atoms with E-state index in [2.05, 4.69) is 30.2 Å². The maximum Gasteiger partial charge on any atom is 0.129 e. The van der Waals surface area contributed by atoms with Gasteiger partial charge in [-0.05, 0) is 57.1 Å². The predicted octanol–water partition coefficient (Wildman–Crippen LogP) is 3.39. The van der Waals surface area contributed by atoms with Crippen LogP contribution in [0.1, 0.15) is 26.7 Å². The van der Waals surface area contributed by atoms with Crippen molar-refractivity contribution >= 4 is 10.9 Å². The van der Waals surface area contributed by atoms with Crippen molar-refractivity contribution in [2.45, 2.75) is 32.8 Å². The molecule has 0 saturated carbocycles. The number of aromatic nitrogens is 1. The molecule has 3 heteroatoms. The summed E-state index contributed by atoms with van der Waals surface area (Å²) in [5.41, 5.74) is 0.986. The van der Waals surface area contributed by atoms with Crippen molar-refractivity contribution in [1.29, 1.82) is 0 Å². The predicted molar refractivity (Wildman–Crippen MR) is 79.6 cm³/mol. The van der Waals surface area contributed by atoms with Crippen LogP contribution in [0.25, 0.3) is 10.9 Å². The molecule has 0 amide bonds. The number of fused-ring (bicyclic) bond motifs is 1. The van der Waals surface area contributed by atoms with Gasteiger partial charge in [0.05, 0.1) is 11.6 Å². The summed E-state index contributed by atoms with van der Waals surface area (Å²) in [5.74, 6) is 0.932. The van der Waals surface area contributed by atoms with Crippen LogP contribution in [-0.4, -0.2) is 24.2 Å². The number of hydrogen-bond acceptors (Lipinski definition) is 3. The van der Waals surface area contributed by atoms with Gasteiger partial charge in [-0.25, -0.2) is 0 Å². The maximum atomic E-state index is 6.04. The Kier molecular flexibility index (Phi) is 5.16. The monoisotopic (exact) mass is 258 g/mol. The van der Waals surface area contributed by atoms with Crippen LogP contribution in [0.2, 0.25) is 0 Å². The molecule has 0 aliphatic carbocycles. The summed E-state index contributed by atoms with van der Waals surface area (Å²) < 4.78 is 6.04. The highest BCUT2D eigenvalue weighted by Gasteiger charge is 2.07. The van der Waals surface area contributed by atoms with Crippen LogP contribution in [0, 0.1) is 0 Å². The van der Waals surface area contributed by atoms with Gasteiger partial charge in [0.25, 0.3) is 0 Å². The molecule has 0 radical (unpaired) electrons. The average molecular weight is 258 g/mol. The standard InChI is InChI=1S/C16H22N2O/c1-3-17-11-5-7-13(2)19-16-10-4-9-15-14(16)8-6-12-18-15/h4,6,8-10,12-13,17H,3,5,7,11H2,1-2H3. The van der Waals surface area contributed by atoms with E-state index in [-0.39, 0.29) is 6.10 Å². The quantitative estimate of drug-likeness (QED) is 0.773. The van der Waals surface area contributed by atoms with Crippen molar-refractivity contribution in [2.24, 2.45) is 0 Å². The molecular formula is C16H22N2O. The molecule has 1 heterocycles. The van der Waals surface area contributed by atoms with Gasteiger partial charge < -0.3 is 10.1 Å². The van der Waals surface area contributed by atoms with Gasteiger partial charge in [0.1, 0.15) is 5.75 Å². The zero-order chi connectivity index (χ0) is 13.5. The second-order valence-electron chi connectivity index (χ2n) is 4.75. The number of nitrogens with zero attached hydrogens (tertiary/aromatic N) is 1. The number of pyridine rings is 1. The van der Waals surface area contributed by atoms with Crippen LogP contribution in [-0.2, 0) is 0 Å². The number of ether oxygens (including phenoxy) is 1. The Morgan fingerprint density at radius 1 is 1.26 bits per heavy atom. The average Bonchev–Trinajstić information content (AvgIpc) is 2.44. The molecule has 3 nitrogen and oxygen atoms in total. The molecule has 1 aromatic heterocycles. The lowest BCUT2D eigenvalue weighted by Crippen LogP contribution is -2.18. The van der Waals surface area contributed by atoms with Crippen LogP contribution in [0.5, 0.6) is 5.75 Å². The number of hydrogen-bond donors (Lipinski definition) is 1. The molecule has 19 heavy (non-hydrogen) atoms. The largest absolute Gasteiger partial charge is 0.490 e. The van der Waals surface area contributed by atoms with Crippen molar-refractivity contribution in [2.75, 3.05) is 13.1 Å². The lowest BCUT2D eigenvalue weighted by atomic mass is 10.2. The highest BCUT2D eigenvalue weighted by Crippen LogP contribution is 2.25.